The minimum Gasteiger partial charge on any atom is -0.465 e. The first-order valence-corrected chi connectivity index (χ1v) is 7.78. The van der Waals surface area contributed by atoms with Crippen LogP contribution in [0.5, 0.6) is 0 Å². The van der Waals surface area contributed by atoms with Gasteiger partial charge in [0.05, 0.1) is 18.6 Å². The van der Waals surface area contributed by atoms with Gasteiger partial charge in [0.2, 0.25) is 5.91 Å². The molecule has 1 aliphatic rings. The van der Waals surface area contributed by atoms with Crippen molar-refractivity contribution in [2.24, 2.45) is 17.3 Å². The molecule has 1 amide bonds. The second kappa shape index (κ2) is 5.64. The van der Waals surface area contributed by atoms with Gasteiger partial charge < -0.3 is 10.1 Å². The highest BCUT2D eigenvalue weighted by atomic mass is 32.1. The number of methoxy groups -OCH3 is 1. The Morgan fingerprint density at radius 2 is 2.05 bits per heavy atom. The Morgan fingerprint density at radius 3 is 2.62 bits per heavy atom. The minimum atomic E-state index is -0.428. The highest BCUT2D eigenvalue weighted by Crippen LogP contribution is 2.59. The van der Waals surface area contributed by atoms with Gasteiger partial charge in [0.15, 0.2) is 0 Å². The predicted octanol–water partition coefficient (Wildman–Crippen LogP) is 3.71. The highest BCUT2D eigenvalue weighted by Gasteiger charge is 2.60. The lowest BCUT2D eigenvalue weighted by atomic mass is 10.1. The smallest absolute Gasteiger partial charge is 0.340 e. The normalized spacial score (nSPS) is 22.3. The fourth-order valence-electron chi connectivity index (χ4n) is 2.72. The van der Waals surface area contributed by atoms with Crippen molar-refractivity contribution in [2.45, 2.75) is 27.7 Å². The van der Waals surface area contributed by atoms with E-state index in [-0.39, 0.29) is 23.2 Å². The third kappa shape index (κ3) is 3.02. The van der Waals surface area contributed by atoms with Crippen molar-refractivity contribution in [1.82, 2.24) is 0 Å². The number of hydrogen-bond donors (Lipinski definition) is 1. The van der Waals surface area contributed by atoms with Crippen molar-refractivity contribution in [3.63, 3.8) is 0 Å². The molecular weight excluding hydrogens is 286 g/mol. The maximum Gasteiger partial charge on any atom is 0.340 e. The molecule has 0 bridgehead atoms. The zero-order chi connectivity index (χ0) is 15.8. The Bertz CT molecular complexity index is 596. The first kappa shape index (κ1) is 15.8. The number of amides is 1. The Balaban J connectivity index is 2.12. The van der Waals surface area contributed by atoms with E-state index in [9.17, 15) is 9.59 Å². The molecule has 1 heterocycles. The van der Waals surface area contributed by atoms with Gasteiger partial charge in [-0.05, 0) is 36.6 Å². The number of rotatable bonds is 4. The van der Waals surface area contributed by atoms with Gasteiger partial charge in [-0.3, -0.25) is 4.79 Å². The number of anilines is 1. The summed E-state index contributed by atoms with van der Waals surface area (Å²) in [5, 5.41) is 5.21. The van der Waals surface area contributed by atoms with Gasteiger partial charge in [-0.1, -0.05) is 25.5 Å². The van der Waals surface area contributed by atoms with Crippen LogP contribution in [0.1, 0.15) is 38.1 Å². The third-order valence-corrected chi connectivity index (χ3v) is 4.84. The van der Waals surface area contributed by atoms with E-state index in [1.54, 1.807) is 11.4 Å². The van der Waals surface area contributed by atoms with Crippen molar-refractivity contribution in [3.05, 3.63) is 28.7 Å². The fourth-order valence-corrected chi connectivity index (χ4v) is 3.49. The summed E-state index contributed by atoms with van der Waals surface area (Å²) in [4.78, 5) is 24.1. The van der Waals surface area contributed by atoms with E-state index in [0.717, 1.165) is 0 Å². The molecule has 1 aromatic heterocycles. The van der Waals surface area contributed by atoms with Crippen LogP contribution in [0.3, 0.4) is 0 Å². The molecule has 114 valence electrons. The number of carbonyl (C=O) groups excluding carboxylic acids is 2. The fraction of sp³-hybridized carbons (Fsp3) is 0.500. The van der Waals surface area contributed by atoms with Crippen LogP contribution in [0, 0.1) is 17.3 Å². The van der Waals surface area contributed by atoms with Crippen LogP contribution in [0.25, 0.3) is 0 Å². The first-order valence-electron chi connectivity index (χ1n) is 6.90. The second-order valence-corrected chi connectivity index (χ2v) is 7.13. The van der Waals surface area contributed by atoms with Gasteiger partial charge in [0.25, 0.3) is 0 Å². The molecular formula is C16H21NO3S. The maximum absolute atomic E-state index is 12.5. The Kier molecular flexibility index (Phi) is 4.23. The third-order valence-electron chi connectivity index (χ3n) is 4.01. The van der Waals surface area contributed by atoms with Crippen molar-refractivity contribution < 1.29 is 14.3 Å². The lowest BCUT2D eigenvalue weighted by Gasteiger charge is -2.06. The van der Waals surface area contributed by atoms with E-state index in [0.29, 0.717) is 10.6 Å². The maximum atomic E-state index is 12.5. The topological polar surface area (TPSA) is 55.4 Å². The number of thiophene rings is 1. The van der Waals surface area contributed by atoms with E-state index in [1.165, 1.54) is 24.0 Å². The molecule has 0 aromatic carbocycles. The van der Waals surface area contributed by atoms with Crippen molar-refractivity contribution >= 4 is 28.2 Å². The molecule has 1 fully saturated rings. The zero-order valence-electron chi connectivity index (χ0n) is 13.0. The van der Waals surface area contributed by atoms with Crippen LogP contribution in [0.4, 0.5) is 5.00 Å². The number of ether oxygens (including phenoxy) is 1. The Morgan fingerprint density at radius 1 is 1.38 bits per heavy atom. The van der Waals surface area contributed by atoms with Crippen LogP contribution >= 0.6 is 11.3 Å². The standard InChI is InChI=1S/C16H21NO3S/c1-9(2)8-11-12(16(11,3)4)13(18)17-14-10(6-7-21-14)15(19)20-5/h6-8,11-12H,1-5H3,(H,17,18)/t11-,12+/m0/s1. The molecule has 0 aliphatic heterocycles. The average molecular weight is 307 g/mol. The van der Waals surface area contributed by atoms with Gasteiger partial charge in [0, 0.05) is 0 Å². The molecule has 21 heavy (non-hydrogen) atoms. The van der Waals surface area contributed by atoms with Gasteiger partial charge in [-0.2, -0.15) is 0 Å². The molecule has 4 nitrogen and oxygen atoms in total. The molecule has 1 saturated carbocycles. The summed E-state index contributed by atoms with van der Waals surface area (Å²) in [5.41, 5.74) is 1.59. The molecule has 1 N–H and O–H groups in total. The van der Waals surface area contributed by atoms with Crippen molar-refractivity contribution in [3.8, 4) is 0 Å². The number of hydrogen-bond acceptors (Lipinski definition) is 4. The Labute approximate surface area is 129 Å². The minimum absolute atomic E-state index is 0.0323. The first-order chi connectivity index (χ1) is 9.78. The van der Waals surface area contributed by atoms with E-state index in [4.69, 9.17) is 4.74 Å². The summed E-state index contributed by atoms with van der Waals surface area (Å²) in [6, 6.07) is 1.66. The van der Waals surface area contributed by atoms with E-state index in [1.807, 2.05) is 13.8 Å². The lowest BCUT2D eigenvalue weighted by Crippen LogP contribution is -2.18. The van der Waals surface area contributed by atoms with Crippen LogP contribution < -0.4 is 5.32 Å². The number of esters is 1. The molecule has 0 radical (unpaired) electrons. The van der Waals surface area contributed by atoms with Gasteiger partial charge >= 0.3 is 5.97 Å². The summed E-state index contributed by atoms with van der Waals surface area (Å²) >= 11 is 1.33. The molecule has 0 unspecified atom stereocenters. The zero-order valence-corrected chi connectivity index (χ0v) is 13.8. The van der Waals surface area contributed by atoms with E-state index >= 15 is 0 Å². The monoisotopic (exact) mass is 307 g/mol. The molecule has 5 heteroatoms. The van der Waals surface area contributed by atoms with Gasteiger partial charge in [0.1, 0.15) is 5.00 Å². The van der Waals surface area contributed by atoms with Gasteiger partial charge in [-0.25, -0.2) is 4.79 Å². The SMILES string of the molecule is COC(=O)c1ccsc1NC(=O)[C@H]1[C@H](C=C(C)C)C1(C)C. The van der Waals surface area contributed by atoms with Crippen molar-refractivity contribution in [2.75, 3.05) is 12.4 Å². The summed E-state index contributed by atoms with van der Waals surface area (Å²) in [6.07, 6.45) is 2.15. The van der Waals surface area contributed by atoms with Crippen molar-refractivity contribution in [1.29, 1.82) is 0 Å². The lowest BCUT2D eigenvalue weighted by molar-refractivity contribution is -0.118. The molecule has 0 saturated heterocycles. The number of allylic oxidation sites excluding steroid dienone is 2. The van der Waals surface area contributed by atoms with E-state index < -0.39 is 5.97 Å². The van der Waals surface area contributed by atoms with Gasteiger partial charge in [-0.15, -0.1) is 11.3 Å². The second-order valence-electron chi connectivity index (χ2n) is 6.21. The quantitative estimate of drug-likeness (QED) is 0.681. The predicted molar refractivity (Wildman–Crippen MR) is 84.5 cm³/mol. The number of carbonyl (C=O) groups is 2. The summed E-state index contributed by atoms with van der Waals surface area (Å²) in [7, 11) is 1.33. The Hall–Kier alpha value is -1.62. The number of nitrogens with one attached hydrogen (secondary N) is 1. The molecule has 2 atom stereocenters. The highest BCUT2D eigenvalue weighted by molar-refractivity contribution is 7.14. The summed E-state index contributed by atoms with van der Waals surface area (Å²) in [5.74, 6) is -0.262. The van der Waals surface area contributed by atoms with Crippen LogP contribution in [-0.4, -0.2) is 19.0 Å². The van der Waals surface area contributed by atoms with Crippen LogP contribution in [-0.2, 0) is 9.53 Å². The van der Waals surface area contributed by atoms with E-state index in [2.05, 4.69) is 25.2 Å². The largest absolute Gasteiger partial charge is 0.465 e. The molecule has 2 rings (SSSR count). The summed E-state index contributed by atoms with van der Waals surface area (Å²) in [6.45, 7) is 8.27. The summed E-state index contributed by atoms with van der Waals surface area (Å²) < 4.78 is 4.71. The van der Waals surface area contributed by atoms with Crippen LogP contribution in [0.2, 0.25) is 0 Å². The molecule has 1 aliphatic carbocycles. The molecule has 0 spiro atoms. The average Bonchev–Trinajstić information content (AvgIpc) is 2.76. The molecule has 1 aromatic rings. The van der Waals surface area contributed by atoms with Crippen LogP contribution in [0.15, 0.2) is 23.1 Å².